The van der Waals surface area contributed by atoms with Crippen LogP contribution in [-0.4, -0.2) is 22.7 Å². The van der Waals surface area contributed by atoms with Crippen molar-refractivity contribution in [3.63, 3.8) is 0 Å². The van der Waals surface area contributed by atoms with E-state index in [1.807, 2.05) is 4.90 Å². The Kier molecular flexibility index (Phi) is 4.37. The first-order valence-electron chi connectivity index (χ1n) is 7.43. The Labute approximate surface area is 133 Å². The summed E-state index contributed by atoms with van der Waals surface area (Å²) in [7, 11) is 0. The van der Waals surface area contributed by atoms with Crippen LogP contribution < -0.4 is 0 Å². The number of nitriles is 1. The first kappa shape index (κ1) is 15.6. The van der Waals surface area contributed by atoms with E-state index in [1.165, 1.54) is 24.3 Å². The molecule has 0 unspecified atom stereocenters. The molecular weight excluding hydrogens is 298 g/mol. The third kappa shape index (κ3) is 3.39. The van der Waals surface area contributed by atoms with Crippen LogP contribution >= 0.6 is 0 Å². The molecule has 2 aromatic carbocycles. The van der Waals surface area contributed by atoms with E-state index in [0.29, 0.717) is 19.5 Å². The summed E-state index contributed by atoms with van der Waals surface area (Å²) >= 11 is 0. The fourth-order valence-corrected chi connectivity index (χ4v) is 3.07. The van der Waals surface area contributed by atoms with Crippen LogP contribution in [0.5, 0.6) is 0 Å². The zero-order valence-electron chi connectivity index (χ0n) is 12.4. The molecule has 1 saturated heterocycles. The van der Waals surface area contributed by atoms with E-state index < -0.39 is 11.9 Å². The van der Waals surface area contributed by atoms with Crippen molar-refractivity contribution in [2.24, 2.45) is 0 Å². The first-order valence-corrected chi connectivity index (χ1v) is 7.43. The number of aliphatic hydroxyl groups is 1. The molecule has 118 valence electrons. The second-order valence-corrected chi connectivity index (χ2v) is 5.81. The highest BCUT2D eigenvalue weighted by atomic mass is 19.1. The van der Waals surface area contributed by atoms with Crippen molar-refractivity contribution < 1.29 is 13.9 Å². The Morgan fingerprint density at radius 1 is 1.17 bits per heavy atom. The van der Waals surface area contributed by atoms with Crippen molar-refractivity contribution in [2.45, 2.75) is 25.1 Å². The molecule has 2 aromatic rings. The molecule has 0 spiro atoms. The highest BCUT2D eigenvalue weighted by Gasteiger charge is 2.32. The van der Waals surface area contributed by atoms with Gasteiger partial charge in [-0.1, -0.05) is 18.2 Å². The summed E-state index contributed by atoms with van der Waals surface area (Å²) in [4.78, 5) is 2.04. The van der Waals surface area contributed by atoms with Crippen molar-refractivity contribution in [2.75, 3.05) is 6.54 Å². The van der Waals surface area contributed by atoms with Gasteiger partial charge in [-0.15, -0.1) is 0 Å². The van der Waals surface area contributed by atoms with Gasteiger partial charge in [0.1, 0.15) is 17.7 Å². The number of β-amino-alcohol motifs (C(OH)–C–C–N with tert-alkyl or cyclic N) is 1. The topological polar surface area (TPSA) is 47.3 Å². The summed E-state index contributed by atoms with van der Waals surface area (Å²) in [6, 6.07) is 12.5. The van der Waals surface area contributed by atoms with Gasteiger partial charge in [-0.3, -0.25) is 4.90 Å². The molecule has 2 atom stereocenters. The van der Waals surface area contributed by atoms with Crippen LogP contribution in [0.2, 0.25) is 0 Å². The maximum Gasteiger partial charge on any atom is 0.141 e. The Morgan fingerprint density at radius 2 is 1.91 bits per heavy atom. The van der Waals surface area contributed by atoms with Crippen molar-refractivity contribution in [3.05, 3.63) is 70.8 Å². The smallest absolute Gasteiger partial charge is 0.141 e. The number of aliphatic hydroxyl groups excluding tert-OH is 1. The maximum atomic E-state index is 13.7. The fraction of sp³-hybridized carbons (Fsp3) is 0.278. The molecule has 23 heavy (non-hydrogen) atoms. The monoisotopic (exact) mass is 314 g/mol. The van der Waals surface area contributed by atoms with Crippen molar-refractivity contribution in [1.82, 2.24) is 4.90 Å². The summed E-state index contributed by atoms with van der Waals surface area (Å²) in [6.45, 7) is 0.936. The van der Waals surface area contributed by atoms with Crippen molar-refractivity contribution in [3.8, 4) is 6.07 Å². The van der Waals surface area contributed by atoms with Gasteiger partial charge in [0, 0.05) is 19.1 Å². The quantitative estimate of drug-likeness (QED) is 0.947. The summed E-state index contributed by atoms with van der Waals surface area (Å²) < 4.78 is 26.8. The molecule has 0 amide bonds. The normalized spacial score (nSPS) is 21.3. The van der Waals surface area contributed by atoms with Crippen LogP contribution in [0.25, 0.3) is 0 Å². The Balaban J connectivity index is 1.81. The van der Waals surface area contributed by atoms with Gasteiger partial charge in [0.15, 0.2) is 0 Å². The predicted octanol–water partition coefficient (Wildman–Crippen LogP) is 3.14. The number of hydrogen-bond acceptors (Lipinski definition) is 3. The lowest BCUT2D eigenvalue weighted by Gasteiger charge is -2.24. The van der Waals surface area contributed by atoms with Crippen LogP contribution in [0.1, 0.15) is 29.2 Å². The number of nitrogens with zero attached hydrogens (tertiary/aromatic N) is 2. The van der Waals surface area contributed by atoms with E-state index in [2.05, 4.69) is 0 Å². The zero-order chi connectivity index (χ0) is 16.4. The van der Waals surface area contributed by atoms with Gasteiger partial charge >= 0.3 is 0 Å². The van der Waals surface area contributed by atoms with Gasteiger partial charge in [-0.2, -0.15) is 5.26 Å². The van der Waals surface area contributed by atoms with Gasteiger partial charge in [-0.25, -0.2) is 8.78 Å². The molecule has 0 bridgehead atoms. The summed E-state index contributed by atoms with van der Waals surface area (Å²) in [5, 5.41) is 18.7. The lowest BCUT2D eigenvalue weighted by molar-refractivity contribution is 0.172. The van der Waals surface area contributed by atoms with Crippen LogP contribution in [-0.2, 0) is 6.54 Å². The minimum absolute atomic E-state index is 0.0188. The van der Waals surface area contributed by atoms with E-state index in [-0.39, 0.29) is 17.4 Å². The van der Waals surface area contributed by atoms with Gasteiger partial charge in [0.05, 0.1) is 11.7 Å². The number of likely N-dealkylation sites (tertiary alicyclic amines) is 1. The maximum absolute atomic E-state index is 13.7. The minimum atomic E-state index is -0.539. The van der Waals surface area contributed by atoms with Gasteiger partial charge in [0.25, 0.3) is 0 Å². The molecule has 3 rings (SSSR count). The number of benzene rings is 2. The lowest BCUT2D eigenvalue weighted by Crippen LogP contribution is -2.24. The number of halogens is 2. The average Bonchev–Trinajstić information content (AvgIpc) is 2.89. The van der Waals surface area contributed by atoms with E-state index in [4.69, 9.17) is 5.26 Å². The van der Waals surface area contributed by atoms with Crippen LogP contribution in [0.3, 0.4) is 0 Å². The SMILES string of the molecule is N#Cc1ccc(CN2C[C@@H](O)C[C@@H]2c2ccc(F)cc2)cc1F. The van der Waals surface area contributed by atoms with E-state index in [0.717, 1.165) is 11.1 Å². The second kappa shape index (κ2) is 6.45. The Bertz CT molecular complexity index is 740. The van der Waals surface area contributed by atoms with Gasteiger partial charge in [0.2, 0.25) is 0 Å². The standard InChI is InChI=1S/C18H16F2N2O/c19-15-5-3-13(4-6-15)18-8-16(23)11-22(18)10-12-1-2-14(9-21)17(20)7-12/h1-7,16,18,23H,8,10-11H2/t16-,18+/m0/s1. The molecule has 1 heterocycles. The minimum Gasteiger partial charge on any atom is -0.392 e. The van der Waals surface area contributed by atoms with Crippen LogP contribution in [0.4, 0.5) is 8.78 Å². The first-order chi connectivity index (χ1) is 11.1. The zero-order valence-corrected chi connectivity index (χ0v) is 12.4. The molecule has 0 radical (unpaired) electrons. The van der Waals surface area contributed by atoms with Crippen LogP contribution in [0.15, 0.2) is 42.5 Å². The molecule has 5 heteroatoms. The summed E-state index contributed by atoms with van der Waals surface area (Å²) in [6.07, 6.45) is 0.0954. The second-order valence-electron chi connectivity index (χ2n) is 5.81. The van der Waals surface area contributed by atoms with E-state index in [1.54, 1.807) is 24.3 Å². The molecule has 0 saturated carbocycles. The third-order valence-electron chi connectivity index (χ3n) is 4.18. The van der Waals surface area contributed by atoms with Gasteiger partial charge in [-0.05, 0) is 41.8 Å². The van der Waals surface area contributed by atoms with Crippen LogP contribution in [0, 0.1) is 23.0 Å². The molecule has 0 aliphatic carbocycles. The fourth-order valence-electron chi connectivity index (χ4n) is 3.07. The molecule has 3 nitrogen and oxygen atoms in total. The highest BCUT2D eigenvalue weighted by Crippen LogP contribution is 2.33. The number of hydrogen-bond donors (Lipinski definition) is 1. The Morgan fingerprint density at radius 3 is 2.57 bits per heavy atom. The van der Waals surface area contributed by atoms with Crippen molar-refractivity contribution >= 4 is 0 Å². The summed E-state index contributed by atoms with van der Waals surface area (Å²) in [5.74, 6) is -0.837. The molecule has 1 aliphatic rings. The number of rotatable bonds is 3. The molecule has 1 fully saturated rings. The highest BCUT2D eigenvalue weighted by molar-refractivity contribution is 5.33. The molecule has 0 aromatic heterocycles. The van der Waals surface area contributed by atoms with Crippen molar-refractivity contribution in [1.29, 1.82) is 5.26 Å². The third-order valence-corrected chi connectivity index (χ3v) is 4.18. The van der Waals surface area contributed by atoms with Gasteiger partial charge < -0.3 is 5.11 Å². The molecular formula is C18H16F2N2O. The summed E-state index contributed by atoms with van der Waals surface area (Å²) in [5.41, 5.74) is 1.69. The van der Waals surface area contributed by atoms with E-state index >= 15 is 0 Å². The predicted molar refractivity (Wildman–Crippen MR) is 81.3 cm³/mol. The lowest BCUT2D eigenvalue weighted by atomic mass is 10.0. The molecule has 1 aliphatic heterocycles. The largest absolute Gasteiger partial charge is 0.392 e. The Hall–Kier alpha value is -2.29. The van der Waals surface area contributed by atoms with E-state index in [9.17, 15) is 13.9 Å². The average molecular weight is 314 g/mol. The molecule has 1 N–H and O–H groups in total.